The Morgan fingerprint density at radius 3 is 2.96 bits per heavy atom. The molecule has 0 saturated carbocycles. The molecule has 0 amide bonds. The van der Waals surface area contributed by atoms with Crippen LogP contribution in [-0.4, -0.2) is 49.3 Å². The van der Waals surface area contributed by atoms with Gasteiger partial charge in [-0.3, -0.25) is 10.00 Å². The number of para-hydroxylation sites is 2. The van der Waals surface area contributed by atoms with Crippen LogP contribution in [0.25, 0.3) is 11.0 Å². The highest BCUT2D eigenvalue weighted by molar-refractivity contribution is 5.75. The quantitative estimate of drug-likeness (QED) is 0.795. The molecule has 1 fully saturated rings. The van der Waals surface area contributed by atoms with Gasteiger partial charge in [0.25, 0.3) is 0 Å². The van der Waals surface area contributed by atoms with E-state index in [0.29, 0.717) is 6.61 Å². The second-order valence-electron chi connectivity index (χ2n) is 5.95. The molecule has 1 aliphatic rings. The lowest BCUT2D eigenvalue weighted by atomic mass is 10.2. The fraction of sp³-hybridized carbons (Fsp3) is 0.438. The fourth-order valence-corrected chi connectivity index (χ4v) is 3.04. The van der Waals surface area contributed by atoms with E-state index in [9.17, 15) is 0 Å². The molecule has 2 aromatic heterocycles. The van der Waals surface area contributed by atoms with Gasteiger partial charge >= 0.3 is 0 Å². The summed E-state index contributed by atoms with van der Waals surface area (Å²) in [6.45, 7) is 5.05. The van der Waals surface area contributed by atoms with Crippen LogP contribution in [0.15, 0.2) is 24.3 Å². The summed E-state index contributed by atoms with van der Waals surface area (Å²) in [5.41, 5.74) is 2.20. The van der Waals surface area contributed by atoms with Gasteiger partial charge in [0.1, 0.15) is 17.8 Å². The molecule has 1 aliphatic heterocycles. The number of morpholine rings is 1. The molecule has 1 aromatic carbocycles. The van der Waals surface area contributed by atoms with Gasteiger partial charge in [0.2, 0.25) is 0 Å². The molecular weight excluding hydrogens is 292 g/mol. The average molecular weight is 312 g/mol. The van der Waals surface area contributed by atoms with E-state index in [0.717, 1.165) is 48.1 Å². The highest BCUT2D eigenvalue weighted by atomic mass is 16.5. The van der Waals surface area contributed by atoms with Crippen LogP contribution < -0.4 is 0 Å². The average Bonchev–Trinajstić information content (AvgIpc) is 3.13. The number of imidazole rings is 1. The highest BCUT2D eigenvalue weighted by Crippen LogP contribution is 2.21. The Hall–Kier alpha value is -2.25. The van der Waals surface area contributed by atoms with Crippen molar-refractivity contribution in [1.29, 1.82) is 0 Å². The zero-order valence-corrected chi connectivity index (χ0v) is 13.4. The Balaban J connectivity index is 1.52. The van der Waals surface area contributed by atoms with Crippen molar-refractivity contribution >= 4 is 11.0 Å². The first kappa shape index (κ1) is 14.3. The SMILES string of the molecule is Cc1nc(C2CN(Cc3nc4ccccc4n3C)CCO2)n[nH]1. The predicted octanol–water partition coefficient (Wildman–Crippen LogP) is 1.57. The van der Waals surface area contributed by atoms with Crippen molar-refractivity contribution in [2.24, 2.45) is 7.05 Å². The minimum Gasteiger partial charge on any atom is -0.367 e. The third-order valence-electron chi connectivity index (χ3n) is 4.30. The van der Waals surface area contributed by atoms with Crippen LogP contribution in [-0.2, 0) is 18.3 Å². The summed E-state index contributed by atoms with van der Waals surface area (Å²) in [5, 5.41) is 7.11. The van der Waals surface area contributed by atoms with Crippen molar-refractivity contribution in [2.75, 3.05) is 19.7 Å². The molecule has 7 nitrogen and oxygen atoms in total. The van der Waals surface area contributed by atoms with Gasteiger partial charge in [0.05, 0.1) is 24.2 Å². The van der Waals surface area contributed by atoms with E-state index in [2.05, 4.69) is 43.8 Å². The molecule has 23 heavy (non-hydrogen) atoms. The van der Waals surface area contributed by atoms with Crippen LogP contribution in [0.4, 0.5) is 0 Å². The maximum Gasteiger partial charge on any atom is 0.180 e. The molecule has 3 heterocycles. The van der Waals surface area contributed by atoms with Crippen LogP contribution in [0.3, 0.4) is 0 Å². The van der Waals surface area contributed by atoms with Crippen LogP contribution in [0, 0.1) is 6.92 Å². The third-order valence-corrected chi connectivity index (χ3v) is 4.30. The largest absolute Gasteiger partial charge is 0.367 e. The summed E-state index contributed by atoms with van der Waals surface area (Å²) in [5.74, 6) is 2.62. The number of H-pyrrole nitrogens is 1. The second-order valence-corrected chi connectivity index (χ2v) is 5.95. The first-order valence-electron chi connectivity index (χ1n) is 7.84. The standard InChI is InChI=1S/C16H20N6O/c1-11-17-16(20-19-11)14-9-22(7-8-23-14)10-15-18-12-5-3-4-6-13(12)21(15)2/h3-6,14H,7-10H2,1-2H3,(H,17,19,20). The number of aromatic amines is 1. The van der Waals surface area contributed by atoms with Gasteiger partial charge in [0.15, 0.2) is 5.82 Å². The number of nitrogens with one attached hydrogen (secondary N) is 1. The summed E-state index contributed by atoms with van der Waals surface area (Å²) in [7, 11) is 2.07. The van der Waals surface area contributed by atoms with E-state index in [1.54, 1.807) is 0 Å². The lowest BCUT2D eigenvalue weighted by Crippen LogP contribution is -2.38. The molecule has 7 heteroatoms. The molecule has 1 saturated heterocycles. The number of benzene rings is 1. The zero-order chi connectivity index (χ0) is 15.8. The number of fused-ring (bicyclic) bond motifs is 1. The molecule has 0 aliphatic carbocycles. The van der Waals surface area contributed by atoms with E-state index in [1.807, 2.05) is 19.1 Å². The molecule has 1 atom stereocenters. The summed E-state index contributed by atoms with van der Waals surface area (Å²) in [6, 6.07) is 8.22. The summed E-state index contributed by atoms with van der Waals surface area (Å²) in [4.78, 5) is 11.5. The predicted molar refractivity (Wildman–Crippen MR) is 85.8 cm³/mol. The number of aromatic nitrogens is 5. The lowest BCUT2D eigenvalue weighted by Gasteiger charge is -2.31. The number of nitrogens with zero attached hydrogens (tertiary/aromatic N) is 5. The first-order chi connectivity index (χ1) is 11.2. The monoisotopic (exact) mass is 312 g/mol. The summed E-state index contributed by atoms with van der Waals surface area (Å²) in [6.07, 6.45) is -0.0802. The molecule has 1 N–H and O–H groups in total. The van der Waals surface area contributed by atoms with Gasteiger partial charge in [-0.2, -0.15) is 5.10 Å². The zero-order valence-electron chi connectivity index (χ0n) is 13.4. The van der Waals surface area contributed by atoms with Gasteiger partial charge in [-0.15, -0.1) is 0 Å². The van der Waals surface area contributed by atoms with Gasteiger partial charge in [-0.05, 0) is 19.1 Å². The maximum absolute atomic E-state index is 5.82. The fourth-order valence-electron chi connectivity index (χ4n) is 3.04. The Morgan fingerprint density at radius 2 is 2.17 bits per heavy atom. The van der Waals surface area contributed by atoms with E-state index in [4.69, 9.17) is 9.72 Å². The van der Waals surface area contributed by atoms with Crippen molar-refractivity contribution in [3.05, 3.63) is 41.7 Å². The molecule has 0 radical (unpaired) electrons. The molecule has 0 bridgehead atoms. The van der Waals surface area contributed by atoms with Crippen molar-refractivity contribution in [2.45, 2.75) is 19.6 Å². The molecular formula is C16H20N6O. The van der Waals surface area contributed by atoms with E-state index < -0.39 is 0 Å². The molecule has 120 valence electrons. The topological polar surface area (TPSA) is 71.9 Å². The number of rotatable bonds is 3. The number of ether oxygens (including phenoxy) is 1. The Kier molecular flexibility index (Phi) is 3.59. The van der Waals surface area contributed by atoms with Crippen LogP contribution >= 0.6 is 0 Å². The Bertz CT molecular complexity index is 823. The van der Waals surface area contributed by atoms with Crippen molar-refractivity contribution in [3.8, 4) is 0 Å². The van der Waals surface area contributed by atoms with E-state index in [-0.39, 0.29) is 6.10 Å². The minimum atomic E-state index is -0.0802. The normalized spacial score (nSPS) is 19.5. The van der Waals surface area contributed by atoms with Gasteiger partial charge in [-0.25, -0.2) is 9.97 Å². The third kappa shape index (κ3) is 2.73. The van der Waals surface area contributed by atoms with Gasteiger partial charge in [0, 0.05) is 20.1 Å². The number of hydrogen-bond acceptors (Lipinski definition) is 5. The van der Waals surface area contributed by atoms with Gasteiger partial charge in [-0.1, -0.05) is 12.1 Å². The highest BCUT2D eigenvalue weighted by Gasteiger charge is 2.26. The Morgan fingerprint density at radius 1 is 1.30 bits per heavy atom. The first-order valence-corrected chi connectivity index (χ1v) is 7.84. The van der Waals surface area contributed by atoms with E-state index >= 15 is 0 Å². The number of aryl methyl sites for hydroxylation is 2. The lowest BCUT2D eigenvalue weighted by molar-refractivity contribution is -0.0379. The molecule has 1 unspecified atom stereocenters. The summed E-state index contributed by atoms with van der Waals surface area (Å²) >= 11 is 0. The van der Waals surface area contributed by atoms with Crippen LogP contribution in [0.2, 0.25) is 0 Å². The minimum absolute atomic E-state index is 0.0802. The van der Waals surface area contributed by atoms with Crippen LogP contribution in [0.5, 0.6) is 0 Å². The molecule has 0 spiro atoms. The van der Waals surface area contributed by atoms with Crippen LogP contribution in [0.1, 0.15) is 23.6 Å². The maximum atomic E-state index is 5.82. The van der Waals surface area contributed by atoms with E-state index in [1.165, 1.54) is 0 Å². The molecule has 3 aromatic rings. The second kappa shape index (κ2) is 5.75. The number of hydrogen-bond donors (Lipinski definition) is 1. The van der Waals surface area contributed by atoms with Crippen molar-refractivity contribution in [3.63, 3.8) is 0 Å². The van der Waals surface area contributed by atoms with Gasteiger partial charge < -0.3 is 9.30 Å². The smallest absolute Gasteiger partial charge is 0.180 e. The Labute approximate surface area is 134 Å². The molecule has 4 rings (SSSR count). The van der Waals surface area contributed by atoms with Crippen molar-refractivity contribution < 1.29 is 4.74 Å². The summed E-state index contributed by atoms with van der Waals surface area (Å²) < 4.78 is 7.98. The van der Waals surface area contributed by atoms with Crippen molar-refractivity contribution in [1.82, 2.24) is 29.6 Å².